The highest BCUT2D eigenvalue weighted by molar-refractivity contribution is 6.31. The van der Waals surface area contributed by atoms with Crippen molar-refractivity contribution >= 4 is 11.6 Å². The van der Waals surface area contributed by atoms with Crippen molar-refractivity contribution in [3.05, 3.63) is 58.6 Å². The normalized spacial score (nSPS) is 12.4. The zero-order valence-corrected chi connectivity index (χ0v) is 11.6. The molecule has 2 heterocycles. The summed E-state index contributed by atoms with van der Waals surface area (Å²) in [6.07, 6.45) is 6.90. The van der Waals surface area contributed by atoms with Gasteiger partial charge in [0.05, 0.1) is 11.1 Å². The summed E-state index contributed by atoms with van der Waals surface area (Å²) in [6.45, 7) is 2.11. The second-order valence-electron chi connectivity index (χ2n) is 4.33. The van der Waals surface area contributed by atoms with Crippen molar-refractivity contribution < 1.29 is 0 Å². The molecule has 0 saturated carbocycles. The first kappa shape index (κ1) is 13.9. The maximum atomic E-state index is 6.13. The maximum absolute atomic E-state index is 6.13. The molecule has 4 nitrogen and oxygen atoms in total. The van der Waals surface area contributed by atoms with E-state index in [2.05, 4.69) is 28.4 Å². The van der Waals surface area contributed by atoms with Gasteiger partial charge >= 0.3 is 0 Å². The zero-order valence-electron chi connectivity index (χ0n) is 10.8. The van der Waals surface area contributed by atoms with Crippen LogP contribution in [-0.2, 0) is 12.8 Å². The number of nitrogens with zero attached hydrogens (tertiary/aromatic N) is 2. The minimum Gasteiger partial charge on any atom is -0.271 e. The molecule has 0 fully saturated rings. The number of pyridine rings is 2. The highest BCUT2D eigenvalue weighted by Crippen LogP contribution is 2.23. The third-order valence-corrected chi connectivity index (χ3v) is 3.40. The van der Waals surface area contributed by atoms with Crippen LogP contribution >= 0.6 is 11.6 Å². The Balaban J connectivity index is 2.17. The number of nitrogens with two attached hydrogens (primary N) is 1. The van der Waals surface area contributed by atoms with Gasteiger partial charge in [0.2, 0.25) is 0 Å². The van der Waals surface area contributed by atoms with E-state index in [9.17, 15) is 0 Å². The molecule has 0 spiro atoms. The highest BCUT2D eigenvalue weighted by Gasteiger charge is 2.14. The largest absolute Gasteiger partial charge is 0.271 e. The molecular formula is C14H17ClN4. The monoisotopic (exact) mass is 276 g/mol. The van der Waals surface area contributed by atoms with E-state index in [0.717, 1.165) is 17.7 Å². The lowest BCUT2D eigenvalue weighted by molar-refractivity contribution is 0.545. The Hall–Kier alpha value is -1.49. The van der Waals surface area contributed by atoms with Crippen LogP contribution in [0.3, 0.4) is 0 Å². The molecule has 2 aromatic rings. The van der Waals surface area contributed by atoms with Crippen LogP contribution in [0.4, 0.5) is 0 Å². The van der Waals surface area contributed by atoms with Crippen LogP contribution in [0.25, 0.3) is 0 Å². The summed E-state index contributed by atoms with van der Waals surface area (Å²) in [5, 5.41) is 0.607. The second-order valence-corrected chi connectivity index (χ2v) is 4.74. The van der Waals surface area contributed by atoms with Gasteiger partial charge in [-0.1, -0.05) is 24.6 Å². The van der Waals surface area contributed by atoms with E-state index in [1.54, 1.807) is 12.4 Å². The number of halogens is 1. The summed E-state index contributed by atoms with van der Waals surface area (Å²) in [4.78, 5) is 8.41. The molecule has 0 aliphatic carbocycles. The van der Waals surface area contributed by atoms with Gasteiger partial charge in [0.25, 0.3) is 0 Å². The molecule has 0 aliphatic heterocycles. The minimum absolute atomic E-state index is 0.0736. The summed E-state index contributed by atoms with van der Waals surface area (Å²) >= 11 is 6.13. The van der Waals surface area contributed by atoms with Crippen molar-refractivity contribution in [1.82, 2.24) is 15.4 Å². The molecule has 0 radical (unpaired) electrons. The predicted molar refractivity (Wildman–Crippen MR) is 76.6 cm³/mol. The Kier molecular flexibility index (Phi) is 4.85. The number of aryl methyl sites for hydroxylation is 1. The summed E-state index contributed by atoms with van der Waals surface area (Å²) in [5.74, 6) is 5.62. The highest BCUT2D eigenvalue weighted by atomic mass is 35.5. The molecule has 19 heavy (non-hydrogen) atoms. The summed E-state index contributed by atoms with van der Waals surface area (Å²) in [7, 11) is 0. The number of hydrogen-bond donors (Lipinski definition) is 2. The lowest BCUT2D eigenvalue weighted by Crippen LogP contribution is -2.30. The van der Waals surface area contributed by atoms with Crippen LogP contribution in [0.1, 0.15) is 29.8 Å². The summed E-state index contributed by atoms with van der Waals surface area (Å²) in [6, 6.07) is 5.91. The lowest BCUT2D eigenvalue weighted by atomic mass is 10.0. The fraction of sp³-hybridized carbons (Fsp3) is 0.286. The molecule has 0 saturated heterocycles. The van der Waals surface area contributed by atoms with Gasteiger partial charge < -0.3 is 0 Å². The molecule has 3 N–H and O–H groups in total. The van der Waals surface area contributed by atoms with Gasteiger partial charge in [-0.15, -0.1) is 0 Å². The third kappa shape index (κ3) is 3.50. The fourth-order valence-electron chi connectivity index (χ4n) is 1.92. The van der Waals surface area contributed by atoms with Gasteiger partial charge in [0, 0.05) is 30.7 Å². The van der Waals surface area contributed by atoms with Gasteiger partial charge in [-0.05, 0) is 29.7 Å². The van der Waals surface area contributed by atoms with Crippen molar-refractivity contribution in [2.45, 2.75) is 25.8 Å². The number of aromatic nitrogens is 2. The van der Waals surface area contributed by atoms with Gasteiger partial charge in [-0.25, -0.2) is 0 Å². The predicted octanol–water partition coefficient (Wildman–Crippen LogP) is 2.44. The van der Waals surface area contributed by atoms with E-state index in [4.69, 9.17) is 17.4 Å². The van der Waals surface area contributed by atoms with Crippen LogP contribution in [0, 0.1) is 0 Å². The van der Waals surface area contributed by atoms with E-state index in [0.29, 0.717) is 11.4 Å². The molecule has 5 heteroatoms. The SMILES string of the molecule is CCc1ccc(CC(NN)c2ccncc2Cl)nc1. The first-order valence-electron chi connectivity index (χ1n) is 6.24. The van der Waals surface area contributed by atoms with Crippen molar-refractivity contribution in [1.29, 1.82) is 0 Å². The molecule has 1 atom stereocenters. The second kappa shape index (κ2) is 6.61. The quantitative estimate of drug-likeness (QED) is 0.650. The Morgan fingerprint density at radius 1 is 1.32 bits per heavy atom. The third-order valence-electron chi connectivity index (χ3n) is 3.09. The fourth-order valence-corrected chi connectivity index (χ4v) is 2.17. The Morgan fingerprint density at radius 3 is 2.74 bits per heavy atom. The maximum Gasteiger partial charge on any atom is 0.0637 e. The van der Waals surface area contributed by atoms with Gasteiger partial charge in [-0.2, -0.15) is 0 Å². The first-order valence-corrected chi connectivity index (χ1v) is 6.61. The lowest BCUT2D eigenvalue weighted by Gasteiger charge is -2.17. The summed E-state index contributed by atoms with van der Waals surface area (Å²) < 4.78 is 0. The van der Waals surface area contributed by atoms with E-state index < -0.39 is 0 Å². The number of hydrogen-bond acceptors (Lipinski definition) is 4. The molecular weight excluding hydrogens is 260 g/mol. The average molecular weight is 277 g/mol. The van der Waals surface area contributed by atoms with Crippen molar-refractivity contribution in [2.75, 3.05) is 0 Å². The average Bonchev–Trinajstić information content (AvgIpc) is 2.46. The molecule has 0 bridgehead atoms. The van der Waals surface area contributed by atoms with Crippen LogP contribution in [0.5, 0.6) is 0 Å². The van der Waals surface area contributed by atoms with E-state index >= 15 is 0 Å². The molecule has 0 aromatic carbocycles. The minimum atomic E-state index is -0.0736. The molecule has 100 valence electrons. The first-order chi connectivity index (χ1) is 9.24. The van der Waals surface area contributed by atoms with Crippen LogP contribution in [0.2, 0.25) is 5.02 Å². The molecule has 2 aromatic heterocycles. The van der Waals surface area contributed by atoms with Crippen molar-refractivity contribution in [3.63, 3.8) is 0 Å². The zero-order chi connectivity index (χ0) is 13.7. The van der Waals surface area contributed by atoms with Gasteiger partial charge in [0.1, 0.15) is 0 Å². The van der Waals surface area contributed by atoms with Gasteiger partial charge in [-0.3, -0.25) is 21.2 Å². The van der Waals surface area contributed by atoms with Crippen molar-refractivity contribution in [2.24, 2.45) is 5.84 Å². The molecule has 0 aliphatic rings. The molecule has 0 amide bonds. The Bertz CT molecular complexity index is 527. The molecule has 2 rings (SSSR count). The van der Waals surface area contributed by atoms with Crippen LogP contribution in [-0.4, -0.2) is 9.97 Å². The smallest absolute Gasteiger partial charge is 0.0637 e. The number of nitrogens with one attached hydrogen (secondary N) is 1. The van der Waals surface area contributed by atoms with Gasteiger partial charge in [0.15, 0.2) is 0 Å². The summed E-state index contributed by atoms with van der Waals surface area (Å²) in [5.41, 5.74) is 5.92. The van der Waals surface area contributed by atoms with E-state index in [1.807, 2.05) is 18.3 Å². The van der Waals surface area contributed by atoms with Crippen LogP contribution in [0.15, 0.2) is 36.8 Å². The standard InChI is InChI=1S/C14H17ClN4/c1-2-10-3-4-11(18-8-10)7-14(19-16)12-5-6-17-9-13(12)15/h3-6,8-9,14,19H,2,7,16H2,1H3. The van der Waals surface area contributed by atoms with Crippen molar-refractivity contribution in [3.8, 4) is 0 Å². The number of rotatable bonds is 5. The van der Waals surface area contributed by atoms with Crippen LogP contribution < -0.4 is 11.3 Å². The van der Waals surface area contributed by atoms with E-state index in [-0.39, 0.29) is 6.04 Å². The number of hydrazine groups is 1. The Labute approximate surface area is 118 Å². The Morgan fingerprint density at radius 2 is 2.16 bits per heavy atom. The topological polar surface area (TPSA) is 63.8 Å². The van der Waals surface area contributed by atoms with E-state index in [1.165, 1.54) is 5.56 Å². The molecule has 1 unspecified atom stereocenters.